The van der Waals surface area contributed by atoms with Crippen LogP contribution in [0.2, 0.25) is 5.02 Å². The van der Waals surface area contributed by atoms with Crippen LogP contribution in [0.3, 0.4) is 0 Å². The van der Waals surface area contributed by atoms with Crippen molar-refractivity contribution in [1.29, 1.82) is 0 Å². The number of fused-ring (bicyclic) bond motifs is 1. The number of halogens is 1. The van der Waals surface area contributed by atoms with Gasteiger partial charge in [0.1, 0.15) is 6.54 Å². The lowest BCUT2D eigenvalue weighted by Crippen LogP contribution is -2.27. The molecule has 1 aliphatic rings. The molecule has 0 saturated heterocycles. The van der Waals surface area contributed by atoms with Gasteiger partial charge >= 0.3 is 0 Å². The summed E-state index contributed by atoms with van der Waals surface area (Å²) in [5.74, 6) is -0.675. The highest BCUT2D eigenvalue weighted by Gasteiger charge is 2.23. The molecule has 1 aliphatic heterocycles. The molecule has 0 atom stereocenters. The Kier molecular flexibility index (Phi) is 9.72. The molecule has 4 N–H and O–H groups in total. The van der Waals surface area contributed by atoms with Crippen LogP contribution in [0.5, 0.6) is 0 Å². The zero-order chi connectivity index (χ0) is 31.1. The molecule has 0 spiro atoms. The highest BCUT2D eigenvalue weighted by Crippen LogP contribution is 2.29. The van der Waals surface area contributed by atoms with Crippen molar-refractivity contribution in [2.75, 3.05) is 36.9 Å². The topological polar surface area (TPSA) is 160 Å². The quantitative estimate of drug-likeness (QED) is 0.219. The highest BCUT2D eigenvalue weighted by molar-refractivity contribution is 6.32. The number of aromatic nitrogens is 4. The first-order valence-electron chi connectivity index (χ1n) is 14.2. The van der Waals surface area contributed by atoms with E-state index in [4.69, 9.17) is 17.3 Å². The Morgan fingerprint density at radius 1 is 1.05 bits per heavy atom. The SMILES string of the molecule is CN1C(=O)CN=C(c2cccc(CCCNC(=O)c3nnn(-c4ccc(NC(=O)CCCN)cc4)n3)c2)c2cc(Cl)ccc21. The molecular weight excluding hydrogens is 582 g/mol. The third-order valence-electron chi connectivity index (χ3n) is 7.06. The molecule has 12 nitrogen and oxygen atoms in total. The van der Waals surface area contributed by atoms with Crippen LogP contribution in [0, 0.1) is 0 Å². The summed E-state index contributed by atoms with van der Waals surface area (Å²) >= 11 is 6.30. The number of nitrogens with two attached hydrogens (primary N) is 1. The van der Waals surface area contributed by atoms with Crippen LogP contribution in [0.25, 0.3) is 5.69 Å². The van der Waals surface area contributed by atoms with Crippen molar-refractivity contribution in [3.63, 3.8) is 0 Å². The number of nitrogens with zero attached hydrogens (tertiary/aromatic N) is 6. The first kappa shape index (κ1) is 30.5. The minimum atomic E-state index is -0.427. The number of aryl methyl sites for hydroxylation is 1. The molecule has 0 radical (unpaired) electrons. The van der Waals surface area contributed by atoms with Gasteiger partial charge in [-0.1, -0.05) is 29.8 Å². The predicted molar refractivity (Wildman–Crippen MR) is 169 cm³/mol. The van der Waals surface area contributed by atoms with E-state index >= 15 is 0 Å². The number of anilines is 2. The molecule has 13 heteroatoms. The van der Waals surface area contributed by atoms with Crippen LogP contribution < -0.4 is 21.3 Å². The van der Waals surface area contributed by atoms with Crippen molar-refractivity contribution in [3.8, 4) is 5.69 Å². The van der Waals surface area contributed by atoms with Gasteiger partial charge in [-0.2, -0.15) is 0 Å². The zero-order valence-corrected chi connectivity index (χ0v) is 24.9. The number of likely N-dealkylation sites (N-methyl/N-ethyl adjacent to an activating group) is 1. The van der Waals surface area contributed by atoms with Gasteiger partial charge < -0.3 is 21.3 Å². The van der Waals surface area contributed by atoms with E-state index in [9.17, 15) is 14.4 Å². The number of amides is 3. The van der Waals surface area contributed by atoms with E-state index in [0.29, 0.717) is 60.9 Å². The number of benzene rings is 3. The van der Waals surface area contributed by atoms with E-state index in [-0.39, 0.29) is 24.2 Å². The number of hydrogen-bond donors (Lipinski definition) is 3. The van der Waals surface area contributed by atoms with Crippen molar-refractivity contribution in [1.82, 2.24) is 25.5 Å². The van der Waals surface area contributed by atoms with E-state index in [1.54, 1.807) is 42.3 Å². The lowest BCUT2D eigenvalue weighted by molar-refractivity contribution is -0.117. The third-order valence-corrected chi connectivity index (χ3v) is 7.29. The second-order valence-corrected chi connectivity index (χ2v) is 10.7. The summed E-state index contributed by atoms with van der Waals surface area (Å²) in [7, 11) is 1.74. The normalized spacial score (nSPS) is 12.8. The van der Waals surface area contributed by atoms with E-state index in [2.05, 4.69) is 31.0 Å². The molecule has 44 heavy (non-hydrogen) atoms. The van der Waals surface area contributed by atoms with Crippen molar-refractivity contribution in [2.45, 2.75) is 25.7 Å². The number of hydrogen-bond acceptors (Lipinski definition) is 8. The van der Waals surface area contributed by atoms with Crippen LogP contribution in [0.15, 0.2) is 71.7 Å². The zero-order valence-electron chi connectivity index (χ0n) is 24.2. The monoisotopic (exact) mass is 613 g/mol. The van der Waals surface area contributed by atoms with Crippen molar-refractivity contribution in [3.05, 3.63) is 94.3 Å². The molecule has 2 heterocycles. The predicted octanol–water partition coefficient (Wildman–Crippen LogP) is 3.17. The maximum absolute atomic E-state index is 12.6. The summed E-state index contributed by atoms with van der Waals surface area (Å²) in [6.07, 6.45) is 2.36. The maximum atomic E-state index is 12.6. The highest BCUT2D eigenvalue weighted by atomic mass is 35.5. The van der Waals surface area contributed by atoms with Gasteiger partial charge in [-0.25, -0.2) is 0 Å². The Morgan fingerprint density at radius 3 is 2.66 bits per heavy atom. The Hall–Kier alpha value is -4.94. The van der Waals surface area contributed by atoms with E-state index in [1.807, 2.05) is 36.4 Å². The molecule has 5 rings (SSSR count). The van der Waals surface area contributed by atoms with Crippen molar-refractivity contribution in [2.24, 2.45) is 10.7 Å². The maximum Gasteiger partial charge on any atom is 0.292 e. The number of carbonyl (C=O) groups is 3. The van der Waals surface area contributed by atoms with Crippen LogP contribution in [-0.2, 0) is 16.0 Å². The summed E-state index contributed by atoms with van der Waals surface area (Å²) < 4.78 is 0. The van der Waals surface area contributed by atoms with Crippen LogP contribution in [-0.4, -0.2) is 70.3 Å². The van der Waals surface area contributed by atoms with Gasteiger partial charge in [-0.15, -0.1) is 15.0 Å². The summed E-state index contributed by atoms with van der Waals surface area (Å²) in [5.41, 5.74) is 10.9. The number of benzodiazepines with no additional fused rings is 1. The van der Waals surface area contributed by atoms with Gasteiger partial charge in [0.05, 0.1) is 17.1 Å². The largest absolute Gasteiger partial charge is 0.349 e. The smallest absolute Gasteiger partial charge is 0.292 e. The number of carbonyl (C=O) groups excluding carboxylic acids is 3. The van der Waals surface area contributed by atoms with Gasteiger partial charge in [0.15, 0.2) is 0 Å². The Bertz CT molecular complexity index is 1700. The molecule has 0 bridgehead atoms. The fourth-order valence-electron chi connectivity index (χ4n) is 4.74. The lowest BCUT2D eigenvalue weighted by Gasteiger charge is -2.18. The Balaban J connectivity index is 1.15. The van der Waals surface area contributed by atoms with Gasteiger partial charge in [-0.3, -0.25) is 19.4 Å². The number of nitrogens with one attached hydrogen (secondary N) is 2. The lowest BCUT2D eigenvalue weighted by atomic mass is 9.97. The molecule has 0 fully saturated rings. The average molecular weight is 614 g/mol. The summed E-state index contributed by atoms with van der Waals surface area (Å²) in [6.45, 7) is 0.918. The fourth-order valence-corrected chi connectivity index (χ4v) is 4.91. The minimum absolute atomic E-state index is 0.0469. The van der Waals surface area contributed by atoms with Crippen LogP contribution >= 0.6 is 11.6 Å². The second-order valence-electron chi connectivity index (χ2n) is 10.2. The van der Waals surface area contributed by atoms with E-state index in [1.165, 1.54) is 4.80 Å². The van der Waals surface area contributed by atoms with Crippen LogP contribution in [0.1, 0.15) is 46.6 Å². The Labute approximate surface area is 259 Å². The second kappa shape index (κ2) is 14.0. The summed E-state index contributed by atoms with van der Waals surface area (Å²) in [4.78, 5) is 44.5. The number of rotatable bonds is 11. The molecule has 0 unspecified atom stereocenters. The van der Waals surface area contributed by atoms with Gasteiger partial charge in [0, 0.05) is 41.9 Å². The molecular formula is C31H32ClN9O3. The van der Waals surface area contributed by atoms with E-state index < -0.39 is 5.91 Å². The molecule has 1 aromatic heterocycles. The standard InChI is InChI=1S/C31H32ClN9O3/c1-40-26-14-9-22(32)18-25(26)29(35-19-28(40)43)21-7-2-5-20(17-21)6-4-16-34-31(44)30-37-39-41(38-30)24-12-10-23(11-13-24)36-27(42)8-3-15-33/h2,5,7,9-14,17-18H,3-4,6,8,15-16,19,33H2,1H3,(H,34,44)(H,36,42). The van der Waals surface area contributed by atoms with Gasteiger partial charge in [0.25, 0.3) is 11.7 Å². The molecule has 3 amide bonds. The number of tetrazole rings is 1. The van der Waals surface area contributed by atoms with Crippen LogP contribution in [0.4, 0.5) is 11.4 Å². The summed E-state index contributed by atoms with van der Waals surface area (Å²) in [5, 5.41) is 18.3. The molecule has 3 aromatic carbocycles. The van der Waals surface area contributed by atoms with E-state index in [0.717, 1.165) is 22.4 Å². The molecule has 226 valence electrons. The summed E-state index contributed by atoms with van der Waals surface area (Å²) in [6, 6.07) is 20.3. The molecule has 4 aromatic rings. The average Bonchev–Trinajstić information content (AvgIpc) is 3.49. The van der Waals surface area contributed by atoms with Gasteiger partial charge in [-0.05, 0) is 85.1 Å². The third kappa shape index (κ3) is 7.33. The first-order valence-corrected chi connectivity index (χ1v) is 14.6. The first-order chi connectivity index (χ1) is 21.3. The number of aliphatic imine (C=N–C) groups is 1. The Morgan fingerprint density at radius 2 is 1.86 bits per heavy atom. The molecule has 0 aliphatic carbocycles. The van der Waals surface area contributed by atoms with Crippen molar-refractivity contribution >= 4 is 46.4 Å². The van der Waals surface area contributed by atoms with Gasteiger partial charge in [0.2, 0.25) is 11.8 Å². The molecule has 0 saturated carbocycles. The fraction of sp³-hybridized carbons (Fsp3) is 0.258. The minimum Gasteiger partial charge on any atom is -0.349 e. The van der Waals surface area contributed by atoms with Crippen molar-refractivity contribution < 1.29 is 14.4 Å².